The van der Waals surface area contributed by atoms with Gasteiger partial charge in [-0.05, 0) is 42.5 Å². The number of hydrogen-bond donors (Lipinski definition) is 1. The molecule has 0 saturated heterocycles. The third-order valence-electron chi connectivity index (χ3n) is 3.70. The molecule has 0 unspecified atom stereocenters. The average molecular weight is 271 g/mol. The lowest BCUT2D eigenvalue weighted by Crippen LogP contribution is -2.09. The lowest BCUT2D eigenvalue weighted by Gasteiger charge is -2.14. The van der Waals surface area contributed by atoms with Crippen LogP contribution in [0, 0.1) is 0 Å². The Labute approximate surface area is 119 Å². The molecule has 0 fully saturated rings. The Hall–Kier alpha value is -1.90. The van der Waals surface area contributed by atoms with E-state index in [1.54, 1.807) is 0 Å². The Balaban J connectivity index is 2.83. The quantitative estimate of drug-likeness (QED) is 0.893. The lowest BCUT2D eigenvalue weighted by atomic mass is 9.95. The summed E-state index contributed by atoms with van der Waals surface area (Å²) in [5.74, 6) is -0.847. The zero-order valence-corrected chi connectivity index (χ0v) is 12.4. The van der Waals surface area contributed by atoms with Crippen LogP contribution in [0.5, 0.6) is 0 Å². The van der Waals surface area contributed by atoms with E-state index in [0.29, 0.717) is 12.0 Å². The first kappa shape index (κ1) is 14.5. The monoisotopic (exact) mass is 271 g/mol. The molecule has 0 saturated carbocycles. The summed E-state index contributed by atoms with van der Waals surface area (Å²) in [7, 11) is 0. The molecule has 2 rings (SSSR count). The van der Waals surface area contributed by atoms with Gasteiger partial charge in [-0.15, -0.1) is 0 Å². The third-order valence-corrected chi connectivity index (χ3v) is 3.70. The van der Waals surface area contributed by atoms with Crippen molar-refractivity contribution in [3.8, 4) is 0 Å². The fourth-order valence-corrected chi connectivity index (χ4v) is 2.69. The van der Waals surface area contributed by atoms with E-state index in [2.05, 4.69) is 13.8 Å². The maximum atomic E-state index is 11.7. The summed E-state index contributed by atoms with van der Waals surface area (Å²) in [6, 6.07) is 5.95. The molecular weight excluding hydrogens is 250 g/mol. The largest absolute Gasteiger partial charge is 0.478 e. The molecule has 0 aliphatic heterocycles. The molecule has 3 nitrogen and oxygen atoms in total. The minimum atomic E-state index is -0.847. The first-order chi connectivity index (χ1) is 9.62. The molecule has 1 aromatic carbocycles. The van der Waals surface area contributed by atoms with E-state index in [1.807, 2.05) is 25.1 Å². The number of hydrogen-bond acceptors (Lipinski definition) is 2. The van der Waals surface area contributed by atoms with Gasteiger partial charge in [0, 0.05) is 11.1 Å². The highest BCUT2D eigenvalue weighted by Crippen LogP contribution is 2.26. The van der Waals surface area contributed by atoms with Crippen LogP contribution in [0.15, 0.2) is 18.2 Å². The van der Waals surface area contributed by atoms with Crippen LogP contribution in [-0.2, 0) is 19.3 Å². The van der Waals surface area contributed by atoms with Crippen LogP contribution in [-0.4, -0.2) is 16.1 Å². The van der Waals surface area contributed by atoms with Gasteiger partial charge < -0.3 is 5.11 Å². The molecule has 106 valence electrons. The summed E-state index contributed by atoms with van der Waals surface area (Å²) in [5, 5.41) is 10.4. The summed E-state index contributed by atoms with van der Waals surface area (Å²) in [6.07, 6.45) is 3.40. The van der Waals surface area contributed by atoms with E-state index < -0.39 is 5.97 Å². The SMILES string of the molecule is CCCc1nc2ccc(CC)cc2c(C(=O)O)c1CC. The summed E-state index contributed by atoms with van der Waals surface area (Å²) in [5.41, 5.74) is 4.20. The number of carbonyl (C=O) groups is 1. The number of benzene rings is 1. The lowest BCUT2D eigenvalue weighted by molar-refractivity contribution is 0.0697. The summed E-state index contributed by atoms with van der Waals surface area (Å²) < 4.78 is 0. The number of pyridine rings is 1. The van der Waals surface area contributed by atoms with Gasteiger partial charge in [0.1, 0.15) is 0 Å². The smallest absolute Gasteiger partial charge is 0.336 e. The summed E-state index contributed by atoms with van der Waals surface area (Å²) in [6.45, 7) is 6.16. The minimum Gasteiger partial charge on any atom is -0.478 e. The normalized spacial score (nSPS) is 10.9. The van der Waals surface area contributed by atoms with Crippen LogP contribution >= 0.6 is 0 Å². The zero-order chi connectivity index (χ0) is 14.7. The number of carboxylic acids is 1. The van der Waals surface area contributed by atoms with Gasteiger partial charge in [-0.3, -0.25) is 4.98 Å². The highest BCUT2D eigenvalue weighted by atomic mass is 16.4. The van der Waals surface area contributed by atoms with Gasteiger partial charge in [-0.1, -0.05) is 33.3 Å². The molecule has 1 heterocycles. The molecule has 0 aliphatic carbocycles. The van der Waals surface area contributed by atoms with Gasteiger partial charge in [0.25, 0.3) is 0 Å². The van der Waals surface area contributed by atoms with Gasteiger partial charge in [0.15, 0.2) is 0 Å². The van der Waals surface area contributed by atoms with Crippen LogP contribution in [0.25, 0.3) is 10.9 Å². The number of aryl methyl sites for hydroxylation is 2. The molecule has 0 spiro atoms. The number of fused-ring (bicyclic) bond motifs is 1. The fraction of sp³-hybridized carbons (Fsp3) is 0.412. The van der Waals surface area contributed by atoms with Crippen LogP contribution < -0.4 is 0 Å². The minimum absolute atomic E-state index is 0.441. The maximum absolute atomic E-state index is 11.7. The number of aromatic carboxylic acids is 1. The molecular formula is C17H21NO2. The first-order valence-electron chi connectivity index (χ1n) is 7.29. The van der Waals surface area contributed by atoms with E-state index in [1.165, 1.54) is 0 Å². The average Bonchev–Trinajstić information content (AvgIpc) is 2.45. The fourth-order valence-electron chi connectivity index (χ4n) is 2.69. The molecule has 0 amide bonds. The maximum Gasteiger partial charge on any atom is 0.336 e. The predicted octanol–water partition coefficient (Wildman–Crippen LogP) is 4.01. The predicted molar refractivity (Wildman–Crippen MR) is 81.5 cm³/mol. The molecule has 3 heteroatoms. The number of rotatable bonds is 5. The van der Waals surface area contributed by atoms with Crippen molar-refractivity contribution in [3.63, 3.8) is 0 Å². The van der Waals surface area contributed by atoms with Crippen molar-refractivity contribution in [1.29, 1.82) is 0 Å². The molecule has 20 heavy (non-hydrogen) atoms. The van der Waals surface area contributed by atoms with Crippen molar-refractivity contribution >= 4 is 16.9 Å². The Kier molecular flexibility index (Phi) is 4.38. The Morgan fingerprint density at radius 1 is 1.20 bits per heavy atom. The molecule has 1 N–H and O–H groups in total. The highest BCUT2D eigenvalue weighted by Gasteiger charge is 2.18. The second kappa shape index (κ2) is 6.04. The van der Waals surface area contributed by atoms with Gasteiger partial charge in [-0.25, -0.2) is 4.79 Å². The van der Waals surface area contributed by atoms with Crippen molar-refractivity contribution in [1.82, 2.24) is 4.98 Å². The van der Waals surface area contributed by atoms with Crippen molar-refractivity contribution in [2.24, 2.45) is 0 Å². The van der Waals surface area contributed by atoms with Crippen molar-refractivity contribution < 1.29 is 9.90 Å². The van der Waals surface area contributed by atoms with Crippen molar-refractivity contribution in [2.45, 2.75) is 46.5 Å². The number of aromatic nitrogens is 1. The Bertz CT molecular complexity index is 647. The van der Waals surface area contributed by atoms with E-state index >= 15 is 0 Å². The van der Waals surface area contributed by atoms with Crippen LogP contribution in [0.4, 0.5) is 0 Å². The van der Waals surface area contributed by atoms with Crippen LogP contribution in [0.3, 0.4) is 0 Å². The summed E-state index contributed by atoms with van der Waals surface area (Å²) >= 11 is 0. The van der Waals surface area contributed by atoms with Crippen molar-refractivity contribution in [2.75, 3.05) is 0 Å². The first-order valence-corrected chi connectivity index (χ1v) is 7.29. The van der Waals surface area contributed by atoms with E-state index in [-0.39, 0.29) is 0 Å². The molecule has 0 bridgehead atoms. The van der Waals surface area contributed by atoms with Gasteiger partial charge in [0.05, 0.1) is 11.1 Å². The van der Waals surface area contributed by atoms with Gasteiger partial charge in [0.2, 0.25) is 0 Å². The van der Waals surface area contributed by atoms with Crippen LogP contribution in [0.1, 0.15) is 54.4 Å². The molecule has 0 radical (unpaired) electrons. The number of nitrogens with zero attached hydrogens (tertiary/aromatic N) is 1. The van der Waals surface area contributed by atoms with Gasteiger partial charge in [-0.2, -0.15) is 0 Å². The Morgan fingerprint density at radius 3 is 2.50 bits per heavy atom. The van der Waals surface area contributed by atoms with Crippen molar-refractivity contribution in [3.05, 3.63) is 40.6 Å². The summed E-state index contributed by atoms with van der Waals surface area (Å²) in [4.78, 5) is 16.4. The molecule has 1 aromatic heterocycles. The molecule has 2 aromatic rings. The molecule has 0 aliphatic rings. The standard InChI is InChI=1S/C17H21NO2/c1-4-7-14-12(6-3)16(17(19)20)13-10-11(5-2)8-9-15(13)18-14/h8-10H,4-7H2,1-3H3,(H,19,20). The van der Waals surface area contributed by atoms with Crippen LogP contribution in [0.2, 0.25) is 0 Å². The van der Waals surface area contributed by atoms with E-state index in [0.717, 1.165) is 47.0 Å². The second-order valence-corrected chi connectivity index (χ2v) is 5.03. The van der Waals surface area contributed by atoms with E-state index in [4.69, 9.17) is 4.98 Å². The molecule has 0 atom stereocenters. The third kappa shape index (κ3) is 2.53. The number of carboxylic acid groups (broad SMARTS) is 1. The van der Waals surface area contributed by atoms with Gasteiger partial charge >= 0.3 is 5.97 Å². The zero-order valence-electron chi connectivity index (χ0n) is 12.4. The highest BCUT2D eigenvalue weighted by molar-refractivity contribution is 6.04. The topological polar surface area (TPSA) is 50.2 Å². The van der Waals surface area contributed by atoms with E-state index in [9.17, 15) is 9.90 Å². The second-order valence-electron chi connectivity index (χ2n) is 5.03. The Morgan fingerprint density at radius 2 is 1.95 bits per heavy atom.